The number of nitrogens with zero attached hydrogens (tertiary/aromatic N) is 2. The molecule has 0 unspecified atom stereocenters. The van der Waals surface area contributed by atoms with Crippen molar-refractivity contribution in [2.24, 2.45) is 10.9 Å². The van der Waals surface area contributed by atoms with Crippen LogP contribution in [0.5, 0.6) is 0 Å². The Labute approximate surface area is 142 Å². The van der Waals surface area contributed by atoms with Gasteiger partial charge >= 0.3 is 0 Å². The summed E-state index contributed by atoms with van der Waals surface area (Å²) in [7, 11) is 0. The first-order valence-corrected chi connectivity index (χ1v) is 9.46. The standard InChI is InChI=1S/C20H22N2S/c1-3-8-16(9-4-1)14-22-19-13-7-10-17(19)15-23-20(22)21-18-11-5-2-6-12-18/h1-6,8-9,11-12,17,19H,7,10,13-15H2/t17-,19-/m1/s1. The molecule has 2 atom stereocenters. The molecule has 1 saturated carbocycles. The normalized spacial score (nSPS) is 25.6. The van der Waals surface area contributed by atoms with Crippen molar-refractivity contribution in [3.05, 3.63) is 66.2 Å². The van der Waals surface area contributed by atoms with Gasteiger partial charge in [-0.3, -0.25) is 0 Å². The molecule has 0 bridgehead atoms. The van der Waals surface area contributed by atoms with Gasteiger partial charge in [0.15, 0.2) is 5.17 Å². The van der Waals surface area contributed by atoms with Gasteiger partial charge in [0.2, 0.25) is 0 Å². The van der Waals surface area contributed by atoms with E-state index in [1.165, 1.54) is 35.7 Å². The highest BCUT2D eigenvalue weighted by molar-refractivity contribution is 8.13. The lowest BCUT2D eigenvalue weighted by atomic mass is 10.0. The predicted molar refractivity (Wildman–Crippen MR) is 99.1 cm³/mol. The van der Waals surface area contributed by atoms with Gasteiger partial charge in [0.05, 0.1) is 5.69 Å². The molecule has 0 aromatic heterocycles. The Kier molecular flexibility index (Phi) is 4.38. The Morgan fingerprint density at radius 3 is 2.48 bits per heavy atom. The second kappa shape index (κ2) is 6.79. The Balaban J connectivity index is 1.64. The minimum atomic E-state index is 0.666. The summed E-state index contributed by atoms with van der Waals surface area (Å²) in [5, 5.41) is 1.20. The second-order valence-corrected chi connectivity index (χ2v) is 7.40. The molecule has 0 spiro atoms. The number of fused-ring (bicyclic) bond motifs is 1. The molecular weight excluding hydrogens is 300 g/mol. The third-order valence-electron chi connectivity index (χ3n) is 4.87. The number of rotatable bonds is 3. The van der Waals surface area contributed by atoms with E-state index in [0.29, 0.717) is 6.04 Å². The van der Waals surface area contributed by atoms with Gasteiger partial charge in [0.25, 0.3) is 0 Å². The van der Waals surface area contributed by atoms with Crippen LogP contribution in [0, 0.1) is 5.92 Å². The van der Waals surface area contributed by atoms with Gasteiger partial charge in [0, 0.05) is 18.3 Å². The molecule has 0 N–H and O–H groups in total. The van der Waals surface area contributed by atoms with Gasteiger partial charge in [-0.15, -0.1) is 0 Å². The molecule has 0 amide bonds. The zero-order chi connectivity index (χ0) is 15.5. The lowest BCUT2D eigenvalue weighted by Crippen LogP contribution is -2.45. The van der Waals surface area contributed by atoms with Crippen LogP contribution in [0.4, 0.5) is 5.69 Å². The van der Waals surface area contributed by atoms with Crippen molar-refractivity contribution in [3.63, 3.8) is 0 Å². The van der Waals surface area contributed by atoms with Crippen LogP contribution in [-0.2, 0) is 6.54 Å². The topological polar surface area (TPSA) is 15.6 Å². The third-order valence-corrected chi connectivity index (χ3v) is 6.05. The summed E-state index contributed by atoms with van der Waals surface area (Å²) < 4.78 is 0. The predicted octanol–water partition coefficient (Wildman–Crippen LogP) is 5.09. The number of hydrogen-bond acceptors (Lipinski definition) is 2. The quantitative estimate of drug-likeness (QED) is 0.782. The zero-order valence-electron chi connectivity index (χ0n) is 13.3. The smallest absolute Gasteiger partial charge is 0.164 e. The Morgan fingerprint density at radius 2 is 1.70 bits per heavy atom. The van der Waals surface area contributed by atoms with E-state index >= 15 is 0 Å². The van der Waals surface area contributed by atoms with Crippen LogP contribution in [0.2, 0.25) is 0 Å². The summed E-state index contributed by atoms with van der Waals surface area (Å²) in [6, 6.07) is 21.8. The fourth-order valence-corrected chi connectivity index (χ4v) is 4.99. The van der Waals surface area contributed by atoms with E-state index in [-0.39, 0.29) is 0 Å². The maximum atomic E-state index is 4.96. The summed E-state index contributed by atoms with van der Waals surface area (Å²) in [6.07, 6.45) is 4.05. The average Bonchev–Trinajstić information content (AvgIpc) is 3.08. The Bertz CT molecular complexity index is 669. The Hall–Kier alpha value is -1.74. The van der Waals surface area contributed by atoms with E-state index in [2.05, 4.69) is 59.5 Å². The largest absolute Gasteiger partial charge is 0.344 e. The number of aliphatic imine (C=N–C) groups is 1. The van der Waals surface area contributed by atoms with Crippen LogP contribution < -0.4 is 0 Å². The van der Waals surface area contributed by atoms with Gasteiger partial charge in [0.1, 0.15) is 0 Å². The lowest BCUT2D eigenvalue weighted by Gasteiger charge is -2.39. The zero-order valence-corrected chi connectivity index (χ0v) is 14.1. The fraction of sp³-hybridized carbons (Fsp3) is 0.350. The van der Waals surface area contributed by atoms with E-state index in [0.717, 1.165) is 18.2 Å². The summed E-state index contributed by atoms with van der Waals surface area (Å²) >= 11 is 1.94. The number of hydrogen-bond donors (Lipinski definition) is 0. The first kappa shape index (κ1) is 14.8. The van der Waals surface area contributed by atoms with Crippen molar-refractivity contribution in [2.45, 2.75) is 31.8 Å². The van der Waals surface area contributed by atoms with E-state index in [1.54, 1.807) is 0 Å². The number of thioether (sulfide) groups is 1. The van der Waals surface area contributed by atoms with Gasteiger partial charge < -0.3 is 4.90 Å². The highest BCUT2D eigenvalue weighted by atomic mass is 32.2. The molecule has 23 heavy (non-hydrogen) atoms. The highest BCUT2D eigenvalue weighted by Crippen LogP contribution is 2.40. The van der Waals surface area contributed by atoms with Crippen LogP contribution in [0.15, 0.2) is 65.7 Å². The van der Waals surface area contributed by atoms with E-state index < -0.39 is 0 Å². The molecule has 1 saturated heterocycles. The van der Waals surface area contributed by atoms with Crippen molar-refractivity contribution in [2.75, 3.05) is 5.75 Å². The van der Waals surface area contributed by atoms with Crippen molar-refractivity contribution in [1.82, 2.24) is 4.90 Å². The summed E-state index contributed by atoms with van der Waals surface area (Å²) in [4.78, 5) is 7.53. The first-order chi connectivity index (χ1) is 11.4. The molecule has 118 valence electrons. The summed E-state index contributed by atoms with van der Waals surface area (Å²) in [5.41, 5.74) is 2.44. The van der Waals surface area contributed by atoms with E-state index in [4.69, 9.17) is 4.99 Å². The molecule has 4 rings (SSSR count). The maximum absolute atomic E-state index is 4.96. The van der Waals surface area contributed by atoms with Gasteiger partial charge in [-0.2, -0.15) is 0 Å². The lowest BCUT2D eigenvalue weighted by molar-refractivity contribution is 0.260. The highest BCUT2D eigenvalue weighted by Gasteiger charge is 2.38. The van der Waals surface area contributed by atoms with Gasteiger partial charge in [-0.25, -0.2) is 4.99 Å². The Morgan fingerprint density at radius 1 is 0.957 bits per heavy atom. The molecule has 2 fully saturated rings. The molecule has 2 aromatic rings. The maximum Gasteiger partial charge on any atom is 0.164 e. The molecule has 3 heteroatoms. The minimum absolute atomic E-state index is 0.666. The van der Waals surface area contributed by atoms with E-state index in [9.17, 15) is 0 Å². The molecular formula is C20H22N2S. The monoisotopic (exact) mass is 322 g/mol. The number of benzene rings is 2. The van der Waals surface area contributed by atoms with Crippen molar-refractivity contribution < 1.29 is 0 Å². The SMILES string of the molecule is c1ccc(CN2C(=Nc3ccccc3)SC[C@H]3CCC[C@H]32)cc1. The second-order valence-electron chi connectivity index (χ2n) is 6.41. The van der Waals surface area contributed by atoms with Gasteiger partial charge in [-0.05, 0) is 36.5 Å². The van der Waals surface area contributed by atoms with Crippen molar-refractivity contribution >= 4 is 22.6 Å². The van der Waals surface area contributed by atoms with Crippen LogP contribution >= 0.6 is 11.8 Å². The van der Waals surface area contributed by atoms with Crippen LogP contribution in [-0.4, -0.2) is 21.9 Å². The van der Waals surface area contributed by atoms with Crippen LogP contribution in [0.1, 0.15) is 24.8 Å². The van der Waals surface area contributed by atoms with Crippen LogP contribution in [0.25, 0.3) is 0 Å². The van der Waals surface area contributed by atoms with Crippen LogP contribution in [0.3, 0.4) is 0 Å². The average molecular weight is 322 g/mol. The number of para-hydroxylation sites is 1. The van der Waals surface area contributed by atoms with E-state index in [1.807, 2.05) is 17.8 Å². The molecule has 0 radical (unpaired) electrons. The molecule has 1 aliphatic carbocycles. The summed E-state index contributed by atoms with van der Waals surface area (Å²) in [5.74, 6) is 2.06. The van der Waals surface area contributed by atoms with Gasteiger partial charge in [-0.1, -0.05) is 66.7 Å². The summed E-state index contributed by atoms with van der Waals surface area (Å²) in [6.45, 7) is 0.973. The minimum Gasteiger partial charge on any atom is -0.344 e. The third kappa shape index (κ3) is 3.30. The molecule has 2 aromatic carbocycles. The molecule has 1 aliphatic heterocycles. The fourth-order valence-electron chi connectivity index (χ4n) is 3.70. The number of amidine groups is 1. The molecule has 1 heterocycles. The molecule has 2 nitrogen and oxygen atoms in total. The van der Waals surface area contributed by atoms with Crippen molar-refractivity contribution in [1.29, 1.82) is 0 Å². The van der Waals surface area contributed by atoms with Crippen molar-refractivity contribution in [3.8, 4) is 0 Å². The first-order valence-electron chi connectivity index (χ1n) is 8.47. The molecule has 2 aliphatic rings.